The Balaban J connectivity index is 2.79. The highest BCUT2D eigenvalue weighted by Gasteiger charge is 2.26. The molecule has 0 aromatic heterocycles. The number of carbonyl (C=O) groups excluding carboxylic acids is 1. The highest BCUT2D eigenvalue weighted by atomic mass is 16.4. The first kappa shape index (κ1) is 6.73. The van der Waals surface area contributed by atoms with E-state index in [-0.39, 0.29) is 6.42 Å². The van der Waals surface area contributed by atoms with Crippen molar-refractivity contribution in [2.45, 2.75) is 13.3 Å². The minimum atomic E-state index is -1.32. The molecule has 54 valence electrons. The van der Waals surface area contributed by atoms with Crippen LogP contribution in [0.3, 0.4) is 0 Å². The summed E-state index contributed by atoms with van der Waals surface area (Å²) in [5, 5.41) is 12.2. The van der Waals surface area contributed by atoms with Gasteiger partial charge in [-0.15, -0.1) is 5.01 Å². The van der Waals surface area contributed by atoms with E-state index < -0.39 is 12.0 Å². The van der Waals surface area contributed by atoms with Crippen LogP contribution in [0.25, 0.3) is 0 Å². The number of carbonyl (C=O) groups is 2. The number of rotatable bonds is 0. The topological polar surface area (TPSA) is 70.0 Å². The van der Waals surface area contributed by atoms with Crippen molar-refractivity contribution in [3.8, 4) is 0 Å². The number of hydrogen-bond donors (Lipinski definition) is 1. The maximum Gasteiger partial charge on any atom is 0.435 e. The molecule has 0 aromatic carbocycles. The van der Waals surface area contributed by atoms with Crippen LogP contribution in [0, 0.1) is 0 Å². The molecule has 1 aliphatic rings. The number of imide groups is 1. The van der Waals surface area contributed by atoms with E-state index in [0.29, 0.717) is 10.7 Å². The van der Waals surface area contributed by atoms with Crippen LogP contribution in [-0.4, -0.2) is 27.8 Å². The van der Waals surface area contributed by atoms with Crippen molar-refractivity contribution < 1.29 is 14.7 Å². The van der Waals surface area contributed by atoms with Gasteiger partial charge in [0.15, 0.2) is 0 Å². The Labute approximate surface area is 56.9 Å². The first-order valence-corrected chi connectivity index (χ1v) is 2.71. The number of hydrazone groups is 1. The summed E-state index contributed by atoms with van der Waals surface area (Å²) in [5.74, 6) is -0.481. The Bertz CT molecular complexity index is 221. The normalized spacial score (nSPS) is 17.5. The smallest absolute Gasteiger partial charge is 0.435 e. The maximum atomic E-state index is 10.7. The molecule has 1 rings (SSSR count). The molecular formula is C5H6N2O3. The lowest BCUT2D eigenvalue weighted by atomic mass is 10.3. The number of hydrogen-bond acceptors (Lipinski definition) is 3. The quantitative estimate of drug-likeness (QED) is 0.527. The van der Waals surface area contributed by atoms with Crippen molar-refractivity contribution in [1.29, 1.82) is 0 Å². The molecule has 0 radical (unpaired) electrons. The predicted octanol–water partition coefficient (Wildman–Crippen LogP) is 0.273. The summed E-state index contributed by atoms with van der Waals surface area (Å²) in [5.41, 5.74) is 0.535. The average molecular weight is 142 g/mol. The molecule has 0 unspecified atom stereocenters. The van der Waals surface area contributed by atoms with E-state index in [0.717, 1.165) is 0 Å². The van der Waals surface area contributed by atoms with E-state index in [2.05, 4.69) is 5.10 Å². The monoisotopic (exact) mass is 142 g/mol. The molecule has 1 aliphatic heterocycles. The average Bonchev–Trinajstić information content (AvgIpc) is 2.10. The predicted molar refractivity (Wildman–Crippen MR) is 32.6 cm³/mol. The van der Waals surface area contributed by atoms with Gasteiger partial charge >= 0.3 is 6.09 Å². The Morgan fingerprint density at radius 1 is 1.80 bits per heavy atom. The third-order valence-electron chi connectivity index (χ3n) is 1.10. The Hall–Kier alpha value is -1.39. The molecule has 0 saturated carbocycles. The van der Waals surface area contributed by atoms with Crippen molar-refractivity contribution in [3.63, 3.8) is 0 Å². The Morgan fingerprint density at radius 3 is 2.60 bits per heavy atom. The molecule has 0 fully saturated rings. The largest absolute Gasteiger partial charge is 0.463 e. The van der Waals surface area contributed by atoms with Crippen LogP contribution in [0.5, 0.6) is 0 Å². The summed E-state index contributed by atoms with van der Waals surface area (Å²) < 4.78 is 0. The molecule has 0 bridgehead atoms. The van der Waals surface area contributed by atoms with E-state index >= 15 is 0 Å². The van der Waals surface area contributed by atoms with E-state index in [1.165, 1.54) is 0 Å². The SMILES string of the molecule is CC1=NN(C(=O)O)C(=O)C1. The summed E-state index contributed by atoms with van der Waals surface area (Å²) in [6.07, 6.45) is -1.20. The third-order valence-corrected chi connectivity index (χ3v) is 1.10. The van der Waals surface area contributed by atoms with Crippen molar-refractivity contribution in [2.24, 2.45) is 5.10 Å². The van der Waals surface area contributed by atoms with Gasteiger partial charge in [0.25, 0.3) is 5.91 Å². The molecule has 1 N–H and O–H groups in total. The highest BCUT2D eigenvalue weighted by molar-refractivity contribution is 6.08. The molecule has 0 spiro atoms. The second kappa shape index (κ2) is 2.09. The van der Waals surface area contributed by atoms with Crippen molar-refractivity contribution in [3.05, 3.63) is 0 Å². The van der Waals surface area contributed by atoms with E-state index in [1.54, 1.807) is 6.92 Å². The van der Waals surface area contributed by atoms with Gasteiger partial charge in [-0.1, -0.05) is 0 Å². The van der Waals surface area contributed by atoms with Gasteiger partial charge in [-0.3, -0.25) is 4.79 Å². The van der Waals surface area contributed by atoms with Crippen molar-refractivity contribution in [1.82, 2.24) is 5.01 Å². The maximum absolute atomic E-state index is 10.7. The van der Waals surface area contributed by atoms with Gasteiger partial charge in [-0.05, 0) is 6.92 Å². The van der Waals surface area contributed by atoms with E-state index in [1.807, 2.05) is 0 Å². The van der Waals surface area contributed by atoms with E-state index in [9.17, 15) is 9.59 Å². The van der Waals surface area contributed by atoms with E-state index in [4.69, 9.17) is 5.11 Å². The lowest BCUT2D eigenvalue weighted by Crippen LogP contribution is -2.26. The van der Waals surface area contributed by atoms with Crippen LogP contribution >= 0.6 is 0 Å². The third kappa shape index (κ3) is 0.975. The standard InChI is InChI=1S/C5H6N2O3/c1-3-2-4(8)7(6-3)5(9)10/h2H2,1H3,(H,9,10). The summed E-state index contributed by atoms with van der Waals surface area (Å²) in [6, 6.07) is 0. The van der Waals surface area contributed by atoms with Gasteiger partial charge in [0.1, 0.15) is 0 Å². The second-order valence-corrected chi connectivity index (χ2v) is 2.00. The minimum Gasteiger partial charge on any atom is -0.463 e. The number of nitrogens with zero attached hydrogens (tertiary/aromatic N) is 2. The fourth-order valence-corrected chi connectivity index (χ4v) is 0.705. The zero-order valence-electron chi connectivity index (χ0n) is 5.37. The lowest BCUT2D eigenvalue weighted by molar-refractivity contribution is -0.126. The first-order valence-electron chi connectivity index (χ1n) is 2.71. The summed E-state index contributed by atoms with van der Waals surface area (Å²) in [6.45, 7) is 1.61. The number of amides is 2. The van der Waals surface area contributed by atoms with Gasteiger partial charge in [0.05, 0.1) is 6.42 Å². The van der Waals surface area contributed by atoms with Crippen LogP contribution < -0.4 is 0 Å². The van der Waals surface area contributed by atoms with Crippen molar-refractivity contribution >= 4 is 17.7 Å². The van der Waals surface area contributed by atoms with Crippen LogP contribution in [0.2, 0.25) is 0 Å². The molecule has 2 amide bonds. The fraction of sp³-hybridized carbons (Fsp3) is 0.400. The molecule has 0 aromatic rings. The lowest BCUT2D eigenvalue weighted by Gasteiger charge is -2.01. The second-order valence-electron chi connectivity index (χ2n) is 2.00. The zero-order chi connectivity index (χ0) is 7.72. The summed E-state index contributed by atoms with van der Waals surface area (Å²) in [4.78, 5) is 20.8. The van der Waals surface area contributed by atoms with Crippen LogP contribution in [-0.2, 0) is 4.79 Å². The Kier molecular flexibility index (Phi) is 1.41. The van der Waals surface area contributed by atoms with Gasteiger partial charge in [-0.2, -0.15) is 5.10 Å². The molecule has 0 saturated heterocycles. The molecule has 1 heterocycles. The van der Waals surface area contributed by atoms with Gasteiger partial charge in [0, 0.05) is 5.71 Å². The first-order chi connectivity index (χ1) is 4.61. The molecule has 0 aliphatic carbocycles. The number of carboxylic acid groups (broad SMARTS) is 1. The summed E-state index contributed by atoms with van der Waals surface area (Å²) >= 11 is 0. The molecule has 0 atom stereocenters. The van der Waals surface area contributed by atoms with Crippen LogP contribution in [0.1, 0.15) is 13.3 Å². The molecular weight excluding hydrogens is 136 g/mol. The highest BCUT2D eigenvalue weighted by Crippen LogP contribution is 2.06. The summed E-state index contributed by atoms with van der Waals surface area (Å²) in [7, 11) is 0. The Morgan fingerprint density at radius 2 is 2.40 bits per heavy atom. The van der Waals surface area contributed by atoms with Gasteiger partial charge in [0.2, 0.25) is 0 Å². The minimum absolute atomic E-state index is 0.117. The van der Waals surface area contributed by atoms with Gasteiger partial charge in [-0.25, -0.2) is 4.79 Å². The van der Waals surface area contributed by atoms with Crippen molar-refractivity contribution in [2.75, 3.05) is 0 Å². The van der Waals surface area contributed by atoms with Gasteiger partial charge < -0.3 is 5.11 Å². The molecule has 10 heavy (non-hydrogen) atoms. The van der Waals surface area contributed by atoms with Crippen LogP contribution in [0.4, 0.5) is 4.79 Å². The fourth-order valence-electron chi connectivity index (χ4n) is 0.705. The molecule has 5 heteroatoms. The zero-order valence-corrected chi connectivity index (χ0v) is 5.37. The molecule has 5 nitrogen and oxygen atoms in total. The van der Waals surface area contributed by atoms with Crippen LogP contribution in [0.15, 0.2) is 5.10 Å².